The van der Waals surface area contributed by atoms with E-state index >= 15 is 0 Å². The second-order valence-corrected chi connectivity index (χ2v) is 4.89. The van der Waals surface area contributed by atoms with E-state index in [2.05, 4.69) is 5.32 Å². The van der Waals surface area contributed by atoms with Crippen molar-refractivity contribution < 1.29 is 10.2 Å². The highest BCUT2D eigenvalue weighted by Crippen LogP contribution is 2.33. The average molecular weight is 275 g/mol. The molecule has 0 spiro atoms. The van der Waals surface area contributed by atoms with E-state index in [0.717, 1.165) is 22.5 Å². The number of rotatable bonds is 5. The summed E-state index contributed by atoms with van der Waals surface area (Å²) in [5.74, 6) is 0. The maximum atomic E-state index is 9.78. The molecule has 0 saturated carbocycles. The van der Waals surface area contributed by atoms with Crippen molar-refractivity contribution in [1.82, 2.24) is 4.57 Å². The van der Waals surface area contributed by atoms with Crippen LogP contribution in [-0.2, 0) is 13.5 Å². The Morgan fingerprint density at radius 1 is 1.40 bits per heavy atom. The second-order valence-electron chi connectivity index (χ2n) is 4.89. The molecule has 1 unspecified atom stereocenters. The van der Waals surface area contributed by atoms with Gasteiger partial charge in [0.2, 0.25) is 0 Å². The van der Waals surface area contributed by atoms with Gasteiger partial charge in [-0.25, -0.2) is 0 Å². The number of nitrogens with two attached hydrogens (primary N) is 1. The fourth-order valence-electron chi connectivity index (χ4n) is 2.41. The fourth-order valence-corrected chi connectivity index (χ4v) is 2.41. The van der Waals surface area contributed by atoms with Gasteiger partial charge in [0.05, 0.1) is 12.7 Å². The summed E-state index contributed by atoms with van der Waals surface area (Å²) in [6.07, 6.45) is 1.54. The van der Waals surface area contributed by atoms with E-state index in [1.165, 1.54) is 0 Å². The summed E-state index contributed by atoms with van der Waals surface area (Å²) in [6, 6.07) is 7.70. The molecule has 0 aliphatic carbocycles. The highest BCUT2D eigenvalue weighted by molar-refractivity contribution is 5.77. The summed E-state index contributed by atoms with van der Waals surface area (Å²) in [4.78, 5) is 0. The van der Waals surface area contributed by atoms with E-state index in [9.17, 15) is 5.11 Å². The third kappa shape index (κ3) is 2.79. The molecule has 0 aliphatic heterocycles. The fraction of sp³-hybridized carbons (Fsp3) is 0.333. The Kier molecular flexibility index (Phi) is 4.32. The maximum absolute atomic E-state index is 9.78. The number of aromatic nitrogens is 1. The minimum absolute atomic E-state index is 0.264. The van der Waals surface area contributed by atoms with Crippen molar-refractivity contribution in [3.8, 4) is 11.3 Å². The first kappa shape index (κ1) is 14.4. The summed E-state index contributed by atoms with van der Waals surface area (Å²) in [5.41, 5.74) is 10.4. The van der Waals surface area contributed by atoms with Gasteiger partial charge in [-0.2, -0.15) is 0 Å². The smallest absolute Gasteiger partial charge is 0.0812 e. The zero-order chi connectivity index (χ0) is 14.7. The molecule has 1 aromatic heterocycles. The molecule has 0 fully saturated rings. The summed E-state index contributed by atoms with van der Waals surface area (Å²) in [5, 5.41) is 22.0. The van der Waals surface area contributed by atoms with Crippen LogP contribution in [0.3, 0.4) is 0 Å². The number of aryl methyl sites for hydroxylation is 1. The van der Waals surface area contributed by atoms with Crippen molar-refractivity contribution in [3.63, 3.8) is 0 Å². The summed E-state index contributed by atoms with van der Waals surface area (Å²) < 4.78 is 2.00. The predicted octanol–water partition coefficient (Wildman–Crippen LogP) is 1.21. The number of benzene rings is 1. The number of nitrogens with one attached hydrogen (secondary N) is 1. The molecular weight excluding hydrogens is 254 g/mol. The molecule has 2 rings (SSSR count). The second kappa shape index (κ2) is 5.98. The molecule has 2 aromatic rings. The third-order valence-corrected chi connectivity index (χ3v) is 3.41. The van der Waals surface area contributed by atoms with Crippen LogP contribution in [0.5, 0.6) is 0 Å². The van der Waals surface area contributed by atoms with Crippen LogP contribution >= 0.6 is 0 Å². The van der Waals surface area contributed by atoms with Crippen LogP contribution in [0.25, 0.3) is 11.3 Å². The first-order chi connectivity index (χ1) is 9.56. The van der Waals surface area contributed by atoms with Gasteiger partial charge in [-0.1, -0.05) is 0 Å². The molecule has 5 nitrogen and oxygen atoms in total. The Hall–Kier alpha value is -1.98. The van der Waals surface area contributed by atoms with E-state index in [1.54, 1.807) is 0 Å². The average Bonchev–Trinajstić information content (AvgIpc) is 2.86. The van der Waals surface area contributed by atoms with Gasteiger partial charge in [-0.05, 0) is 29.8 Å². The van der Waals surface area contributed by atoms with E-state index in [4.69, 9.17) is 10.8 Å². The van der Waals surface area contributed by atoms with E-state index < -0.39 is 6.10 Å². The largest absolute Gasteiger partial charge is 0.399 e. The topological polar surface area (TPSA) is 83.4 Å². The minimum atomic E-state index is -0.787. The Bertz CT molecular complexity index is 593. The molecule has 5 N–H and O–H groups in total. The van der Waals surface area contributed by atoms with E-state index in [0.29, 0.717) is 12.1 Å². The van der Waals surface area contributed by atoms with Crippen LogP contribution in [0, 0.1) is 0 Å². The van der Waals surface area contributed by atoms with Crippen molar-refractivity contribution in [1.29, 1.82) is 0 Å². The highest BCUT2D eigenvalue weighted by atomic mass is 16.3. The number of aliphatic hydroxyl groups excluding tert-OH is 2. The number of hydrogen-bond donors (Lipinski definition) is 4. The monoisotopic (exact) mass is 275 g/mol. The quantitative estimate of drug-likeness (QED) is 0.618. The van der Waals surface area contributed by atoms with Gasteiger partial charge < -0.3 is 25.8 Å². The van der Waals surface area contributed by atoms with Crippen LogP contribution < -0.4 is 11.1 Å². The molecule has 1 aromatic carbocycles. The van der Waals surface area contributed by atoms with Crippen molar-refractivity contribution >= 4 is 11.4 Å². The van der Waals surface area contributed by atoms with Crippen LogP contribution in [0.4, 0.5) is 11.4 Å². The predicted molar refractivity (Wildman–Crippen MR) is 81.6 cm³/mol. The minimum Gasteiger partial charge on any atom is -0.399 e. The van der Waals surface area contributed by atoms with Crippen LogP contribution in [-0.4, -0.2) is 34.5 Å². The number of nitrogen functional groups attached to an aromatic ring is 1. The maximum Gasteiger partial charge on any atom is 0.0812 e. The SMILES string of the molecule is CNc1cc(N)cc(-c2cccn2C)c1CC(O)CO. The molecule has 0 saturated heterocycles. The standard InChI is InChI=1S/C15H21N3O2/c1-17-14-7-10(16)6-13(12(14)8-11(20)9-19)15-4-3-5-18(15)2/h3-7,11,17,19-20H,8-9,16H2,1-2H3. The lowest BCUT2D eigenvalue weighted by Gasteiger charge is -2.18. The van der Waals surface area contributed by atoms with E-state index in [1.807, 2.05) is 49.1 Å². The number of aliphatic hydroxyl groups is 2. The molecular formula is C15H21N3O2. The molecule has 0 amide bonds. The van der Waals surface area contributed by atoms with Crippen molar-refractivity contribution in [3.05, 3.63) is 36.0 Å². The summed E-state index contributed by atoms with van der Waals surface area (Å²) in [6.45, 7) is -0.264. The highest BCUT2D eigenvalue weighted by Gasteiger charge is 2.16. The normalized spacial score (nSPS) is 12.4. The van der Waals surface area contributed by atoms with Gasteiger partial charge >= 0.3 is 0 Å². The number of hydrogen-bond acceptors (Lipinski definition) is 4. The zero-order valence-electron chi connectivity index (χ0n) is 11.8. The zero-order valence-corrected chi connectivity index (χ0v) is 11.8. The Balaban J connectivity index is 2.59. The summed E-state index contributed by atoms with van der Waals surface area (Å²) in [7, 11) is 3.78. The van der Waals surface area contributed by atoms with Crippen molar-refractivity contribution in [2.24, 2.45) is 7.05 Å². The van der Waals surface area contributed by atoms with Crippen LogP contribution in [0.15, 0.2) is 30.5 Å². The molecule has 20 heavy (non-hydrogen) atoms. The molecule has 0 bridgehead atoms. The molecule has 1 heterocycles. The van der Waals surface area contributed by atoms with Crippen LogP contribution in [0.1, 0.15) is 5.56 Å². The van der Waals surface area contributed by atoms with Gasteiger partial charge in [0.25, 0.3) is 0 Å². The lowest BCUT2D eigenvalue weighted by Crippen LogP contribution is -2.17. The van der Waals surface area contributed by atoms with Crippen molar-refractivity contribution in [2.75, 3.05) is 24.7 Å². The van der Waals surface area contributed by atoms with E-state index in [-0.39, 0.29) is 6.61 Å². The molecule has 5 heteroatoms. The Morgan fingerprint density at radius 3 is 2.70 bits per heavy atom. The van der Waals surface area contributed by atoms with Gasteiger partial charge in [0.15, 0.2) is 0 Å². The lowest BCUT2D eigenvalue weighted by atomic mass is 9.96. The van der Waals surface area contributed by atoms with Gasteiger partial charge in [-0.15, -0.1) is 0 Å². The number of anilines is 2. The first-order valence-electron chi connectivity index (χ1n) is 6.57. The Labute approximate surface area is 118 Å². The van der Waals surface area contributed by atoms with Crippen molar-refractivity contribution in [2.45, 2.75) is 12.5 Å². The van der Waals surface area contributed by atoms with Crippen LogP contribution in [0.2, 0.25) is 0 Å². The first-order valence-corrected chi connectivity index (χ1v) is 6.57. The van der Waals surface area contributed by atoms with Gasteiger partial charge in [-0.3, -0.25) is 0 Å². The molecule has 108 valence electrons. The molecule has 0 radical (unpaired) electrons. The van der Waals surface area contributed by atoms with Gasteiger partial charge in [0.1, 0.15) is 0 Å². The molecule has 0 aliphatic rings. The molecule has 1 atom stereocenters. The lowest BCUT2D eigenvalue weighted by molar-refractivity contribution is 0.0957. The van der Waals surface area contributed by atoms with Gasteiger partial charge in [0, 0.05) is 49.3 Å². The summed E-state index contributed by atoms with van der Waals surface area (Å²) >= 11 is 0. The Morgan fingerprint density at radius 2 is 2.15 bits per heavy atom. The third-order valence-electron chi connectivity index (χ3n) is 3.41. The number of nitrogens with zero attached hydrogens (tertiary/aromatic N) is 1.